The first-order valence-corrected chi connectivity index (χ1v) is 5.84. The number of carbonyl (C=O) groups is 2. The Balaban J connectivity index is 2.64. The molecule has 5 heteroatoms. The molecule has 0 aliphatic carbocycles. The second kappa shape index (κ2) is 4.76. The number of rotatable bonds is 3. The van der Waals surface area contributed by atoms with Crippen molar-refractivity contribution in [3.8, 4) is 0 Å². The molecular weight excluding hydrogens is 246 g/mol. The monoisotopic (exact) mass is 261 g/mol. The van der Waals surface area contributed by atoms with Gasteiger partial charge >= 0.3 is 11.9 Å². The van der Waals surface area contributed by atoms with Gasteiger partial charge in [-0.05, 0) is 37.6 Å². The van der Waals surface area contributed by atoms with E-state index in [-0.39, 0.29) is 18.1 Å². The van der Waals surface area contributed by atoms with Crippen molar-refractivity contribution < 1.29 is 19.4 Å². The molecule has 0 bridgehead atoms. The van der Waals surface area contributed by atoms with Crippen molar-refractivity contribution in [2.75, 3.05) is 7.11 Å². The highest BCUT2D eigenvalue weighted by atomic mass is 16.5. The van der Waals surface area contributed by atoms with Crippen LogP contribution >= 0.6 is 0 Å². The summed E-state index contributed by atoms with van der Waals surface area (Å²) in [4.78, 5) is 22.6. The van der Waals surface area contributed by atoms with E-state index in [0.29, 0.717) is 5.56 Å². The van der Waals surface area contributed by atoms with Crippen LogP contribution in [0.15, 0.2) is 18.2 Å². The van der Waals surface area contributed by atoms with Crippen molar-refractivity contribution in [1.29, 1.82) is 0 Å². The Morgan fingerprint density at radius 3 is 2.53 bits per heavy atom. The summed E-state index contributed by atoms with van der Waals surface area (Å²) in [6, 6.07) is 5.35. The maximum absolute atomic E-state index is 11.4. The van der Waals surface area contributed by atoms with Gasteiger partial charge in [0.2, 0.25) is 0 Å². The average molecular weight is 261 g/mol. The first-order chi connectivity index (χ1) is 8.93. The second-order valence-electron chi connectivity index (χ2n) is 4.48. The van der Waals surface area contributed by atoms with Crippen molar-refractivity contribution in [3.63, 3.8) is 0 Å². The molecule has 0 spiro atoms. The third kappa shape index (κ3) is 2.31. The zero-order valence-corrected chi connectivity index (χ0v) is 11.1. The van der Waals surface area contributed by atoms with Crippen LogP contribution in [0.2, 0.25) is 0 Å². The van der Waals surface area contributed by atoms with Crippen LogP contribution in [-0.4, -0.2) is 28.7 Å². The SMILES string of the molecule is COC(=O)Cn1c(C)cc2cc(C)c(C(=O)O)cc21. The van der Waals surface area contributed by atoms with Crippen LogP contribution in [0.5, 0.6) is 0 Å². The van der Waals surface area contributed by atoms with Crippen LogP contribution in [0.25, 0.3) is 10.9 Å². The molecule has 0 atom stereocenters. The van der Waals surface area contributed by atoms with Gasteiger partial charge in [-0.2, -0.15) is 0 Å². The van der Waals surface area contributed by atoms with E-state index in [1.165, 1.54) is 7.11 Å². The Hall–Kier alpha value is -2.30. The van der Waals surface area contributed by atoms with E-state index in [9.17, 15) is 9.59 Å². The van der Waals surface area contributed by atoms with Gasteiger partial charge in [-0.25, -0.2) is 4.79 Å². The first kappa shape index (κ1) is 13.1. The summed E-state index contributed by atoms with van der Waals surface area (Å²) in [5.41, 5.74) is 2.57. The van der Waals surface area contributed by atoms with Crippen molar-refractivity contribution in [3.05, 3.63) is 35.0 Å². The minimum Gasteiger partial charge on any atom is -0.478 e. The van der Waals surface area contributed by atoms with Crippen LogP contribution < -0.4 is 0 Å². The molecule has 1 aromatic carbocycles. The molecule has 1 aromatic heterocycles. The summed E-state index contributed by atoms with van der Waals surface area (Å²) in [5.74, 6) is -1.33. The maximum Gasteiger partial charge on any atom is 0.336 e. The molecule has 0 saturated carbocycles. The summed E-state index contributed by atoms with van der Waals surface area (Å²) < 4.78 is 6.41. The molecule has 1 N–H and O–H groups in total. The number of carboxylic acids is 1. The largest absolute Gasteiger partial charge is 0.478 e. The van der Waals surface area contributed by atoms with Gasteiger partial charge in [-0.15, -0.1) is 0 Å². The molecule has 19 heavy (non-hydrogen) atoms. The quantitative estimate of drug-likeness (QED) is 0.859. The number of carboxylic acid groups (broad SMARTS) is 1. The predicted octanol–water partition coefficient (Wildman–Crippen LogP) is 2.13. The van der Waals surface area contributed by atoms with Crippen LogP contribution in [0.4, 0.5) is 0 Å². The summed E-state index contributed by atoms with van der Waals surface area (Å²) >= 11 is 0. The number of fused-ring (bicyclic) bond motifs is 1. The molecule has 100 valence electrons. The first-order valence-electron chi connectivity index (χ1n) is 5.84. The van der Waals surface area contributed by atoms with E-state index in [1.54, 1.807) is 17.6 Å². The number of aromatic carboxylic acids is 1. The number of ether oxygens (including phenoxy) is 1. The fourth-order valence-corrected chi connectivity index (χ4v) is 2.20. The lowest BCUT2D eigenvalue weighted by molar-refractivity contribution is -0.141. The lowest BCUT2D eigenvalue weighted by Gasteiger charge is -2.08. The number of hydrogen-bond donors (Lipinski definition) is 1. The van der Waals surface area contributed by atoms with E-state index >= 15 is 0 Å². The molecule has 0 unspecified atom stereocenters. The Kier molecular flexibility index (Phi) is 3.29. The Labute approximate surface area is 110 Å². The Bertz CT molecular complexity index is 670. The smallest absolute Gasteiger partial charge is 0.336 e. The van der Waals surface area contributed by atoms with E-state index in [2.05, 4.69) is 4.74 Å². The molecular formula is C14H15NO4. The van der Waals surface area contributed by atoms with Crippen molar-refractivity contribution in [2.45, 2.75) is 20.4 Å². The predicted molar refractivity (Wildman–Crippen MR) is 70.4 cm³/mol. The van der Waals surface area contributed by atoms with Gasteiger partial charge in [-0.1, -0.05) is 0 Å². The van der Waals surface area contributed by atoms with Crippen LogP contribution in [-0.2, 0) is 16.1 Å². The zero-order valence-electron chi connectivity index (χ0n) is 11.1. The van der Waals surface area contributed by atoms with Crippen molar-refractivity contribution >= 4 is 22.8 Å². The topological polar surface area (TPSA) is 68.5 Å². The Morgan fingerprint density at radius 1 is 1.26 bits per heavy atom. The highest BCUT2D eigenvalue weighted by Crippen LogP contribution is 2.24. The van der Waals surface area contributed by atoms with Gasteiger partial charge in [0.05, 0.1) is 12.7 Å². The molecule has 1 heterocycles. The molecule has 0 radical (unpaired) electrons. The molecule has 5 nitrogen and oxygen atoms in total. The number of hydrogen-bond acceptors (Lipinski definition) is 3. The van der Waals surface area contributed by atoms with E-state index in [4.69, 9.17) is 5.11 Å². The third-order valence-corrected chi connectivity index (χ3v) is 3.20. The molecule has 0 saturated heterocycles. The number of aryl methyl sites for hydroxylation is 2. The van der Waals surface area contributed by atoms with Crippen LogP contribution in [0, 0.1) is 13.8 Å². The van der Waals surface area contributed by atoms with Gasteiger partial charge in [0.1, 0.15) is 6.54 Å². The van der Waals surface area contributed by atoms with Crippen molar-refractivity contribution in [1.82, 2.24) is 4.57 Å². The minimum atomic E-state index is -0.970. The summed E-state index contributed by atoms with van der Waals surface area (Å²) in [7, 11) is 1.33. The second-order valence-corrected chi connectivity index (χ2v) is 4.48. The maximum atomic E-state index is 11.4. The number of methoxy groups -OCH3 is 1. The lowest BCUT2D eigenvalue weighted by atomic mass is 10.1. The summed E-state index contributed by atoms with van der Waals surface area (Å²) in [5, 5.41) is 10.1. The van der Waals surface area contributed by atoms with Crippen molar-refractivity contribution in [2.24, 2.45) is 0 Å². The fourth-order valence-electron chi connectivity index (χ4n) is 2.20. The Morgan fingerprint density at radius 2 is 1.95 bits per heavy atom. The van der Waals surface area contributed by atoms with E-state index < -0.39 is 5.97 Å². The van der Waals surface area contributed by atoms with Gasteiger partial charge in [0.15, 0.2) is 0 Å². The van der Waals surface area contributed by atoms with Gasteiger partial charge in [-0.3, -0.25) is 4.79 Å². The lowest BCUT2D eigenvalue weighted by Crippen LogP contribution is -2.12. The number of esters is 1. The number of nitrogens with zero attached hydrogens (tertiary/aromatic N) is 1. The summed E-state index contributed by atoms with van der Waals surface area (Å²) in [6.07, 6.45) is 0. The van der Waals surface area contributed by atoms with E-state index in [1.807, 2.05) is 19.1 Å². The molecule has 0 fully saturated rings. The molecule has 0 aliphatic rings. The zero-order chi connectivity index (χ0) is 14.2. The van der Waals surface area contributed by atoms with Gasteiger partial charge < -0.3 is 14.4 Å². The van der Waals surface area contributed by atoms with Gasteiger partial charge in [0.25, 0.3) is 0 Å². The third-order valence-electron chi connectivity index (χ3n) is 3.20. The van der Waals surface area contributed by atoms with Crippen LogP contribution in [0.1, 0.15) is 21.6 Å². The highest BCUT2D eigenvalue weighted by Gasteiger charge is 2.14. The molecule has 2 aromatic rings. The highest BCUT2D eigenvalue weighted by molar-refractivity contribution is 5.96. The van der Waals surface area contributed by atoms with E-state index in [0.717, 1.165) is 16.6 Å². The number of aromatic nitrogens is 1. The minimum absolute atomic E-state index is 0.0773. The standard InChI is InChI=1S/C14H15NO4/c1-8-4-10-5-9(2)15(7-13(16)19-3)12(10)6-11(8)14(17)18/h4-6H,7H2,1-3H3,(H,17,18). The normalized spacial score (nSPS) is 10.7. The summed E-state index contributed by atoms with van der Waals surface area (Å²) in [6.45, 7) is 3.71. The van der Waals surface area contributed by atoms with Crippen LogP contribution in [0.3, 0.4) is 0 Å². The number of carbonyl (C=O) groups excluding carboxylic acids is 1. The van der Waals surface area contributed by atoms with Gasteiger partial charge in [0, 0.05) is 16.6 Å². The molecule has 2 rings (SSSR count). The molecule has 0 aliphatic heterocycles. The number of benzene rings is 1. The fraction of sp³-hybridized carbons (Fsp3) is 0.286. The molecule has 0 amide bonds. The average Bonchev–Trinajstić information content (AvgIpc) is 2.63.